The SMILES string of the molecule is Fc1cccc(CN2CCOC[C@@H]2c2ncnn2-c2ccccc2)c1. The number of benzene rings is 2. The van der Waals surface area contributed by atoms with E-state index in [1.165, 1.54) is 6.07 Å². The van der Waals surface area contributed by atoms with Crippen LogP contribution in [0.1, 0.15) is 17.4 Å². The van der Waals surface area contributed by atoms with Crippen molar-refractivity contribution in [1.29, 1.82) is 0 Å². The Kier molecular flexibility index (Phi) is 4.54. The Bertz CT molecular complexity index is 836. The molecule has 0 amide bonds. The van der Waals surface area contributed by atoms with Crippen molar-refractivity contribution in [2.24, 2.45) is 0 Å². The van der Waals surface area contributed by atoms with Crippen LogP contribution in [0.5, 0.6) is 0 Å². The maximum atomic E-state index is 13.5. The predicted octanol–water partition coefficient (Wildman–Crippen LogP) is 2.98. The van der Waals surface area contributed by atoms with E-state index in [1.54, 1.807) is 18.5 Å². The Hall–Kier alpha value is -2.57. The van der Waals surface area contributed by atoms with E-state index in [4.69, 9.17) is 4.74 Å². The molecule has 5 nitrogen and oxygen atoms in total. The van der Waals surface area contributed by atoms with Crippen LogP contribution >= 0.6 is 0 Å². The molecule has 0 spiro atoms. The number of nitrogens with zero attached hydrogens (tertiary/aromatic N) is 4. The number of para-hydroxylation sites is 1. The third-order valence-electron chi connectivity index (χ3n) is 4.39. The first kappa shape index (κ1) is 15.9. The van der Waals surface area contributed by atoms with Gasteiger partial charge in [-0.25, -0.2) is 14.1 Å². The summed E-state index contributed by atoms with van der Waals surface area (Å²) in [6, 6.07) is 16.6. The topological polar surface area (TPSA) is 43.2 Å². The van der Waals surface area contributed by atoms with E-state index in [2.05, 4.69) is 15.0 Å². The van der Waals surface area contributed by atoms with E-state index in [1.807, 2.05) is 41.1 Å². The fraction of sp³-hybridized carbons (Fsp3) is 0.263. The highest BCUT2D eigenvalue weighted by Crippen LogP contribution is 2.26. The van der Waals surface area contributed by atoms with E-state index in [-0.39, 0.29) is 11.9 Å². The second-order valence-electron chi connectivity index (χ2n) is 6.06. The van der Waals surface area contributed by atoms with Gasteiger partial charge in [0.2, 0.25) is 0 Å². The number of hydrogen-bond acceptors (Lipinski definition) is 4. The first-order chi connectivity index (χ1) is 12.3. The molecule has 3 aromatic rings. The molecule has 6 heteroatoms. The van der Waals surface area contributed by atoms with Crippen LogP contribution in [0.15, 0.2) is 60.9 Å². The molecule has 25 heavy (non-hydrogen) atoms. The fourth-order valence-corrected chi connectivity index (χ4v) is 3.18. The largest absolute Gasteiger partial charge is 0.378 e. The Morgan fingerprint density at radius 3 is 2.84 bits per heavy atom. The summed E-state index contributed by atoms with van der Waals surface area (Å²) in [5, 5.41) is 4.38. The Morgan fingerprint density at radius 2 is 2.00 bits per heavy atom. The van der Waals surface area contributed by atoms with E-state index < -0.39 is 0 Å². The van der Waals surface area contributed by atoms with Crippen molar-refractivity contribution in [2.75, 3.05) is 19.8 Å². The number of hydrogen-bond donors (Lipinski definition) is 0. The standard InChI is InChI=1S/C19H19FN4O/c20-16-6-4-5-15(11-16)12-23-9-10-25-13-18(23)19-21-14-22-24(19)17-7-2-1-3-8-17/h1-8,11,14,18H,9-10,12-13H2/t18-/m1/s1. The average molecular weight is 338 g/mol. The van der Waals surface area contributed by atoms with E-state index >= 15 is 0 Å². The summed E-state index contributed by atoms with van der Waals surface area (Å²) in [4.78, 5) is 6.75. The van der Waals surface area contributed by atoms with Crippen molar-refractivity contribution in [3.05, 3.63) is 78.1 Å². The zero-order valence-corrected chi connectivity index (χ0v) is 13.8. The van der Waals surface area contributed by atoms with Crippen LogP contribution < -0.4 is 0 Å². The van der Waals surface area contributed by atoms with Gasteiger partial charge in [-0.15, -0.1) is 0 Å². The number of rotatable bonds is 4. The van der Waals surface area contributed by atoms with Gasteiger partial charge in [0.15, 0.2) is 5.82 Å². The van der Waals surface area contributed by atoms with Gasteiger partial charge in [0, 0.05) is 13.1 Å². The van der Waals surface area contributed by atoms with E-state index in [0.717, 1.165) is 23.6 Å². The lowest BCUT2D eigenvalue weighted by molar-refractivity contribution is -0.0167. The highest BCUT2D eigenvalue weighted by molar-refractivity contribution is 5.31. The number of aromatic nitrogens is 3. The van der Waals surface area contributed by atoms with Crippen LogP contribution in [0.4, 0.5) is 4.39 Å². The van der Waals surface area contributed by atoms with Gasteiger partial charge in [-0.3, -0.25) is 4.90 Å². The van der Waals surface area contributed by atoms with Gasteiger partial charge in [0.25, 0.3) is 0 Å². The molecule has 2 heterocycles. The summed E-state index contributed by atoms with van der Waals surface area (Å²) in [5.74, 6) is 0.622. The second-order valence-corrected chi connectivity index (χ2v) is 6.06. The molecule has 1 aliphatic rings. The van der Waals surface area contributed by atoms with Crippen LogP contribution in [-0.4, -0.2) is 39.4 Å². The third-order valence-corrected chi connectivity index (χ3v) is 4.39. The summed E-state index contributed by atoms with van der Waals surface area (Å²) in [7, 11) is 0. The molecule has 0 unspecified atom stereocenters. The van der Waals surface area contributed by atoms with Crippen molar-refractivity contribution in [3.8, 4) is 5.69 Å². The Morgan fingerprint density at radius 1 is 1.12 bits per heavy atom. The van der Waals surface area contributed by atoms with Crippen LogP contribution in [0.25, 0.3) is 5.69 Å². The van der Waals surface area contributed by atoms with Gasteiger partial charge >= 0.3 is 0 Å². The lowest BCUT2D eigenvalue weighted by Crippen LogP contribution is -2.40. The maximum absolute atomic E-state index is 13.5. The maximum Gasteiger partial charge on any atom is 0.151 e. The molecule has 0 saturated carbocycles. The summed E-state index contributed by atoms with van der Waals surface area (Å²) < 4.78 is 21.0. The van der Waals surface area contributed by atoms with Crippen molar-refractivity contribution >= 4 is 0 Å². The molecular formula is C19H19FN4O. The zero-order chi connectivity index (χ0) is 17.1. The van der Waals surface area contributed by atoms with Gasteiger partial charge in [0.1, 0.15) is 12.1 Å². The molecule has 1 aromatic heterocycles. The number of halogens is 1. The molecule has 128 valence electrons. The van der Waals surface area contributed by atoms with Crippen molar-refractivity contribution in [3.63, 3.8) is 0 Å². The summed E-state index contributed by atoms with van der Waals surface area (Å²) in [5.41, 5.74) is 1.91. The van der Waals surface area contributed by atoms with Crippen LogP contribution in [0, 0.1) is 5.82 Å². The molecule has 4 rings (SSSR count). The second kappa shape index (κ2) is 7.13. The first-order valence-corrected chi connectivity index (χ1v) is 8.33. The van der Waals surface area contributed by atoms with Crippen molar-refractivity contribution in [1.82, 2.24) is 19.7 Å². The minimum atomic E-state index is -0.213. The van der Waals surface area contributed by atoms with Gasteiger partial charge < -0.3 is 4.74 Å². The first-order valence-electron chi connectivity index (χ1n) is 8.33. The third kappa shape index (κ3) is 3.45. The lowest BCUT2D eigenvalue weighted by atomic mass is 10.1. The van der Waals surface area contributed by atoms with Crippen molar-refractivity contribution in [2.45, 2.75) is 12.6 Å². The van der Waals surface area contributed by atoms with Gasteiger partial charge in [0.05, 0.1) is 24.9 Å². The molecule has 0 aliphatic carbocycles. The monoisotopic (exact) mass is 338 g/mol. The summed E-state index contributed by atoms with van der Waals surface area (Å²) in [6.45, 7) is 2.61. The minimum absolute atomic E-state index is 0.0280. The van der Waals surface area contributed by atoms with E-state index in [0.29, 0.717) is 19.8 Å². The summed E-state index contributed by atoms with van der Waals surface area (Å²) >= 11 is 0. The van der Waals surface area contributed by atoms with Gasteiger partial charge in [-0.2, -0.15) is 5.10 Å². The molecule has 1 saturated heterocycles. The van der Waals surface area contributed by atoms with Gasteiger partial charge in [-0.05, 0) is 29.8 Å². The van der Waals surface area contributed by atoms with E-state index in [9.17, 15) is 4.39 Å². The highest BCUT2D eigenvalue weighted by Gasteiger charge is 2.29. The molecule has 0 N–H and O–H groups in total. The number of ether oxygens (including phenoxy) is 1. The molecule has 1 fully saturated rings. The highest BCUT2D eigenvalue weighted by atomic mass is 19.1. The lowest BCUT2D eigenvalue weighted by Gasteiger charge is -2.35. The normalized spacial score (nSPS) is 18.4. The smallest absolute Gasteiger partial charge is 0.151 e. The summed E-state index contributed by atoms with van der Waals surface area (Å²) in [6.07, 6.45) is 1.57. The zero-order valence-electron chi connectivity index (χ0n) is 13.8. The predicted molar refractivity (Wildman–Crippen MR) is 91.7 cm³/mol. The molecule has 0 bridgehead atoms. The van der Waals surface area contributed by atoms with Crippen molar-refractivity contribution < 1.29 is 9.13 Å². The minimum Gasteiger partial charge on any atom is -0.378 e. The fourth-order valence-electron chi connectivity index (χ4n) is 3.18. The molecule has 2 aromatic carbocycles. The van der Waals surface area contributed by atoms with Crippen LogP contribution in [0.2, 0.25) is 0 Å². The molecule has 1 atom stereocenters. The molecule has 0 radical (unpaired) electrons. The Labute approximate surface area is 145 Å². The van der Waals surface area contributed by atoms with Gasteiger partial charge in [-0.1, -0.05) is 30.3 Å². The van der Waals surface area contributed by atoms with Crippen LogP contribution in [0.3, 0.4) is 0 Å². The quantitative estimate of drug-likeness (QED) is 0.733. The average Bonchev–Trinajstić information content (AvgIpc) is 3.12. The molecule has 1 aliphatic heterocycles. The number of morpholine rings is 1. The Balaban J connectivity index is 1.63. The van der Waals surface area contributed by atoms with Crippen LogP contribution in [-0.2, 0) is 11.3 Å². The molecular weight excluding hydrogens is 319 g/mol.